The lowest BCUT2D eigenvalue weighted by atomic mass is 9.95. The first-order valence-corrected chi connectivity index (χ1v) is 14.7. The number of carbonyl (C=O) groups excluding carboxylic acids is 2. The maximum atomic E-state index is 12.6. The molecule has 1 aliphatic rings. The van der Waals surface area contributed by atoms with Crippen LogP contribution in [0.3, 0.4) is 0 Å². The van der Waals surface area contributed by atoms with Crippen LogP contribution in [0.2, 0.25) is 0 Å². The number of hydrogen-bond acceptors (Lipinski definition) is 6. The number of ether oxygens (including phenoxy) is 4. The molecular formula is C32H50O6. The second kappa shape index (κ2) is 19.0. The van der Waals surface area contributed by atoms with Gasteiger partial charge in [-0.25, -0.2) is 4.79 Å². The molecule has 0 N–H and O–H groups in total. The van der Waals surface area contributed by atoms with E-state index < -0.39 is 6.29 Å². The van der Waals surface area contributed by atoms with E-state index in [1.165, 1.54) is 32.1 Å². The minimum Gasteiger partial charge on any atom is -0.466 e. The molecule has 0 spiro atoms. The second-order valence-electron chi connectivity index (χ2n) is 10.7. The molecule has 6 nitrogen and oxygen atoms in total. The first kappa shape index (κ1) is 32.0. The predicted octanol–water partition coefficient (Wildman–Crippen LogP) is 7.66. The van der Waals surface area contributed by atoms with E-state index >= 15 is 0 Å². The normalized spacial score (nSPS) is 22.3. The number of allylic oxidation sites excluding steroid dienone is 2. The van der Waals surface area contributed by atoms with Gasteiger partial charge in [-0.2, -0.15) is 0 Å². The van der Waals surface area contributed by atoms with Crippen molar-refractivity contribution < 1.29 is 28.5 Å². The highest BCUT2D eigenvalue weighted by Gasteiger charge is 2.37. The molecule has 1 aromatic carbocycles. The lowest BCUT2D eigenvalue weighted by Gasteiger charge is -2.38. The maximum absolute atomic E-state index is 12.6. The highest BCUT2D eigenvalue weighted by atomic mass is 16.7. The van der Waals surface area contributed by atoms with Crippen LogP contribution in [-0.4, -0.2) is 43.7 Å². The van der Waals surface area contributed by atoms with Gasteiger partial charge >= 0.3 is 11.9 Å². The van der Waals surface area contributed by atoms with Gasteiger partial charge in [-0.05, 0) is 69.9 Å². The largest absolute Gasteiger partial charge is 0.466 e. The molecule has 2 rings (SSSR count). The van der Waals surface area contributed by atoms with E-state index in [-0.39, 0.29) is 24.1 Å². The predicted molar refractivity (Wildman–Crippen MR) is 151 cm³/mol. The molecule has 1 fully saturated rings. The van der Waals surface area contributed by atoms with E-state index in [0.717, 1.165) is 32.1 Å². The third kappa shape index (κ3) is 13.1. The number of hydrogen-bond donors (Lipinski definition) is 0. The van der Waals surface area contributed by atoms with Crippen molar-refractivity contribution in [3.05, 3.63) is 48.0 Å². The van der Waals surface area contributed by atoms with Gasteiger partial charge in [0.1, 0.15) is 0 Å². The lowest BCUT2D eigenvalue weighted by molar-refractivity contribution is -0.249. The van der Waals surface area contributed by atoms with E-state index in [4.69, 9.17) is 18.9 Å². The monoisotopic (exact) mass is 530 g/mol. The molecule has 38 heavy (non-hydrogen) atoms. The van der Waals surface area contributed by atoms with Crippen molar-refractivity contribution in [2.75, 3.05) is 13.2 Å². The number of unbranched alkanes of at least 4 members (excludes halogenated alkanes) is 7. The van der Waals surface area contributed by atoms with Crippen molar-refractivity contribution in [3.8, 4) is 0 Å². The molecule has 1 heterocycles. The first-order chi connectivity index (χ1) is 18.4. The Kier molecular flexibility index (Phi) is 16.0. The number of rotatable bonds is 18. The van der Waals surface area contributed by atoms with Crippen molar-refractivity contribution in [2.45, 2.75) is 117 Å². The van der Waals surface area contributed by atoms with Crippen molar-refractivity contribution in [3.63, 3.8) is 0 Å². The molecule has 1 aliphatic heterocycles. The molecule has 6 heteroatoms. The van der Waals surface area contributed by atoms with E-state index in [2.05, 4.69) is 32.9 Å². The van der Waals surface area contributed by atoms with Gasteiger partial charge in [-0.15, -0.1) is 0 Å². The number of benzene rings is 1. The van der Waals surface area contributed by atoms with Gasteiger partial charge in [0.2, 0.25) is 0 Å². The summed E-state index contributed by atoms with van der Waals surface area (Å²) in [5, 5.41) is 0. The summed E-state index contributed by atoms with van der Waals surface area (Å²) in [6.45, 7) is 9.18. The van der Waals surface area contributed by atoms with Crippen LogP contribution < -0.4 is 0 Å². The SMILES string of the molecule is CCOC(=O)C[C@H](C)C/C=C/CCCCCCCCCO[C@@H]1OC(C)[C@H](C)CC1OC(=O)c1ccccc1. The van der Waals surface area contributed by atoms with E-state index in [1.54, 1.807) is 12.1 Å². The molecule has 0 radical (unpaired) electrons. The average molecular weight is 531 g/mol. The van der Waals surface area contributed by atoms with Crippen molar-refractivity contribution in [1.29, 1.82) is 0 Å². The van der Waals surface area contributed by atoms with Crippen LogP contribution in [0.25, 0.3) is 0 Å². The summed E-state index contributed by atoms with van der Waals surface area (Å²) in [5.41, 5.74) is 0.550. The van der Waals surface area contributed by atoms with Crippen LogP contribution >= 0.6 is 0 Å². The van der Waals surface area contributed by atoms with E-state index in [0.29, 0.717) is 37.0 Å². The molecule has 1 saturated heterocycles. The topological polar surface area (TPSA) is 71.1 Å². The van der Waals surface area contributed by atoms with Gasteiger partial charge in [0.05, 0.1) is 18.3 Å². The molecule has 2 unspecified atom stereocenters. The smallest absolute Gasteiger partial charge is 0.338 e. The zero-order valence-corrected chi connectivity index (χ0v) is 24.1. The fraction of sp³-hybridized carbons (Fsp3) is 0.688. The summed E-state index contributed by atoms with van der Waals surface area (Å²) in [7, 11) is 0. The molecular weight excluding hydrogens is 480 g/mol. The Balaban J connectivity index is 1.52. The van der Waals surface area contributed by atoms with Crippen LogP contribution in [0.4, 0.5) is 0 Å². The zero-order valence-electron chi connectivity index (χ0n) is 24.1. The third-order valence-electron chi connectivity index (χ3n) is 7.15. The van der Waals surface area contributed by atoms with Crippen molar-refractivity contribution in [2.24, 2.45) is 11.8 Å². The van der Waals surface area contributed by atoms with Gasteiger partial charge in [0, 0.05) is 13.0 Å². The van der Waals surface area contributed by atoms with E-state index in [9.17, 15) is 9.59 Å². The standard InChI is InChI=1S/C32H50O6/c1-5-35-30(33)23-25(2)19-15-12-10-8-6-7-9-11-13-18-22-36-32-29(24-26(3)27(4)37-32)38-31(34)28-20-16-14-17-21-28/h12,14-17,20-21,25-27,29,32H,5-11,13,18-19,22-24H2,1-4H3/b15-12+/t25-,26-,27?,29?,32-/m1/s1. The summed E-state index contributed by atoms with van der Waals surface area (Å²) in [4.78, 5) is 24.0. The molecule has 0 bridgehead atoms. The van der Waals surface area contributed by atoms with Crippen LogP contribution in [0.15, 0.2) is 42.5 Å². The van der Waals surface area contributed by atoms with Gasteiger partial charge in [0.15, 0.2) is 12.4 Å². The quantitative estimate of drug-likeness (QED) is 0.110. The average Bonchev–Trinajstić information content (AvgIpc) is 2.90. The fourth-order valence-electron chi connectivity index (χ4n) is 4.61. The maximum Gasteiger partial charge on any atom is 0.338 e. The van der Waals surface area contributed by atoms with Crippen molar-refractivity contribution in [1.82, 2.24) is 0 Å². The number of esters is 2. The Morgan fingerprint density at radius 2 is 1.68 bits per heavy atom. The summed E-state index contributed by atoms with van der Waals surface area (Å²) >= 11 is 0. The Bertz CT molecular complexity index is 807. The van der Waals surface area contributed by atoms with Crippen LogP contribution in [0.1, 0.15) is 109 Å². The Hall–Kier alpha value is -2.18. The van der Waals surface area contributed by atoms with Gasteiger partial charge in [-0.1, -0.05) is 76.3 Å². The van der Waals surface area contributed by atoms with Gasteiger partial charge in [0.25, 0.3) is 0 Å². The van der Waals surface area contributed by atoms with Crippen LogP contribution in [0, 0.1) is 11.8 Å². The second-order valence-corrected chi connectivity index (χ2v) is 10.7. The van der Waals surface area contributed by atoms with Gasteiger partial charge < -0.3 is 18.9 Å². The van der Waals surface area contributed by atoms with Gasteiger partial charge in [-0.3, -0.25) is 4.79 Å². The third-order valence-corrected chi connectivity index (χ3v) is 7.15. The highest BCUT2D eigenvalue weighted by Crippen LogP contribution is 2.28. The Morgan fingerprint density at radius 3 is 2.39 bits per heavy atom. The summed E-state index contributed by atoms with van der Waals surface area (Å²) in [5.74, 6) is 0.216. The zero-order chi connectivity index (χ0) is 27.6. The molecule has 0 saturated carbocycles. The molecule has 0 aromatic heterocycles. The molecule has 0 aliphatic carbocycles. The Labute approximate surface area is 230 Å². The highest BCUT2D eigenvalue weighted by molar-refractivity contribution is 5.89. The minimum absolute atomic E-state index is 0.0783. The number of carbonyl (C=O) groups is 2. The summed E-state index contributed by atoms with van der Waals surface area (Å²) < 4.78 is 22.9. The first-order valence-electron chi connectivity index (χ1n) is 14.7. The fourth-order valence-corrected chi connectivity index (χ4v) is 4.61. The molecule has 5 atom stereocenters. The molecule has 1 aromatic rings. The van der Waals surface area contributed by atoms with E-state index in [1.807, 2.05) is 25.1 Å². The minimum atomic E-state index is -0.505. The summed E-state index contributed by atoms with van der Waals surface area (Å²) in [6.07, 6.45) is 15.2. The van der Waals surface area contributed by atoms with Crippen LogP contribution in [0.5, 0.6) is 0 Å². The molecule has 214 valence electrons. The van der Waals surface area contributed by atoms with Crippen LogP contribution in [-0.2, 0) is 23.7 Å². The molecule has 0 amide bonds. The Morgan fingerprint density at radius 1 is 1.00 bits per heavy atom. The van der Waals surface area contributed by atoms with Crippen molar-refractivity contribution >= 4 is 11.9 Å². The lowest BCUT2D eigenvalue weighted by Crippen LogP contribution is -2.46. The summed E-state index contributed by atoms with van der Waals surface area (Å²) in [6, 6.07) is 9.09.